The van der Waals surface area contributed by atoms with E-state index in [1.807, 2.05) is 30.5 Å². The molecule has 0 aliphatic heterocycles. The van der Waals surface area contributed by atoms with E-state index >= 15 is 0 Å². The summed E-state index contributed by atoms with van der Waals surface area (Å²) in [6.45, 7) is 2.90. The molecular weight excluding hydrogens is 188 g/mol. The van der Waals surface area contributed by atoms with Gasteiger partial charge in [0.15, 0.2) is 0 Å². The van der Waals surface area contributed by atoms with Gasteiger partial charge in [0.1, 0.15) is 0 Å². The molecule has 0 aliphatic rings. The summed E-state index contributed by atoms with van der Waals surface area (Å²) in [6.07, 6.45) is 5.24. The third-order valence-electron chi connectivity index (χ3n) is 2.32. The van der Waals surface area contributed by atoms with Crippen molar-refractivity contribution in [2.75, 3.05) is 0 Å². The van der Waals surface area contributed by atoms with Gasteiger partial charge in [0, 0.05) is 24.3 Å². The Labute approximate surface area is 89.1 Å². The Hall–Kier alpha value is -1.61. The average Bonchev–Trinajstić information content (AvgIpc) is 2.80. The largest absolute Gasteiger partial charge is 0.472 e. The van der Waals surface area contributed by atoms with E-state index in [0.717, 1.165) is 17.8 Å². The average molecular weight is 202 g/mol. The quantitative estimate of drug-likeness (QED) is 0.827. The minimum absolute atomic E-state index is 0.251. The third-order valence-corrected chi connectivity index (χ3v) is 2.32. The van der Waals surface area contributed by atoms with Crippen molar-refractivity contribution in [2.24, 2.45) is 0 Å². The van der Waals surface area contributed by atoms with Crippen LogP contribution in [0.3, 0.4) is 0 Å². The topological polar surface area (TPSA) is 38.1 Å². The van der Waals surface area contributed by atoms with E-state index in [-0.39, 0.29) is 6.04 Å². The van der Waals surface area contributed by atoms with E-state index in [2.05, 4.69) is 17.2 Å². The summed E-state index contributed by atoms with van der Waals surface area (Å²) in [6, 6.07) is 8.15. The lowest BCUT2D eigenvalue weighted by atomic mass is 10.2. The van der Waals surface area contributed by atoms with Crippen molar-refractivity contribution in [1.29, 1.82) is 0 Å². The SMILES string of the molecule is CC(NCc1ccoc1)c1ccccn1. The highest BCUT2D eigenvalue weighted by Crippen LogP contribution is 2.09. The van der Waals surface area contributed by atoms with Gasteiger partial charge in [-0.2, -0.15) is 0 Å². The second-order valence-electron chi connectivity index (χ2n) is 3.49. The zero-order valence-electron chi connectivity index (χ0n) is 8.68. The van der Waals surface area contributed by atoms with Crippen molar-refractivity contribution < 1.29 is 4.42 Å². The lowest BCUT2D eigenvalue weighted by Crippen LogP contribution is -2.18. The molecule has 0 aliphatic carbocycles. The van der Waals surface area contributed by atoms with Crippen molar-refractivity contribution in [1.82, 2.24) is 10.3 Å². The minimum atomic E-state index is 0.251. The van der Waals surface area contributed by atoms with Crippen LogP contribution in [0, 0.1) is 0 Å². The first-order valence-electron chi connectivity index (χ1n) is 5.01. The van der Waals surface area contributed by atoms with Crippen molar-refractivity contribution in [3.8, 4) is 0 Å². The van der Waals surface area contributed by atoms with Crippen LogP contribution in [0.5, 0.6) is 0 Å². The maximum atomic E-state index is 5.00. The predicted octanol–water partition coefficient (Wildman–Crippen LogP) is 2.53. The third kappa shape index (κ3) is 2.67. The Morgan fingerprint density at radius 1 is 1.40 bits per heavy atom. The summed E-state index contributed by atoms with van der Waals surface area (Å²) in [7, 11) is 0. The maximum absolute atomic E-state index is 5.00. The van der Waals surface area contributed by atoms with Crippen LogP contribution in [0.25, 0.3) is 0 Å². The molecule has 2 aromatic heterocycles. The second kappa shape index (κ2) is 4.75. The van der Waals surface area contributed by atoms with Gasteiger partial charge in [0.25, 0.3) is 0 Å². The number of rotatable bonds is 4. The number of furan rings is 1. The predicted molar refractivity (Wildman–Crippen MR) is 58.2 cm³/mol. The number of nitrogens with zero attached hydrogens (tertiary/aromatic N) is 1. The first-order chi connectivity index (χ1) is 7.36. The fourth-order valence-electron chi connectivity index (χ4n) is 1.40. The maximum Gasteiger partial charge on any atom is 0.0947 e. The van der Waals surface area contributed by atoms with Crippen LogP contribution < -0.4 is 5.32 Å². The normalized spacial score (nSPS) is 12.6. The van der Waals surface area contributed by atoms with E-state index in [0.29, 0.717) is 0 Å². The molecule has 2 aromatic rings. The highest BCUT2D eigenvalue weighted by Gasteiger charge is 2.05. The number of hydrogen-bond donors (Lipinski definition) is 1. The van der Waals surface area contributed by atoms with E-state index in [1.54, 1.807) is 12.5 Å². The van der Waals surface area contributed by atoms with Gasteiger partial charge in [-0.25, -0.2) is 0 Å². The lowest BCUT2D eigenvalue weighted by Gasteiger charge is -2.11. The first-order valence-corrected chi connectivity index (χ1v) is 5.01. The molecule has 2 heterocycles. The van der Waals surface area contributed by atoms with Crippen LogP contribution in [0.2, 0.25) is 0 Å². The van der Waals surface area contributed by atoms with Crippen molar-refractivity contribution in [3.63, 3.8) is 0 Å². The fraction of sp³-hybridized carbons (Fsp3) is 0.250. The highest BCUT2D eigenvalue weighted by molar-refractivity contribution is 5.09. The van der Waals surface area contributed by atoms with Crippen LogP contribution >= 0.6 is 0 Å². The zero-order chi connectivity index (χ0) is 10.5. The molecule has 1 N–H and O–H groups in total. The summed E-state index contributed by atoms with van der Waals surface area (Å²) in [5, 5.41) is 3.38. The Kier molecular flexibility index (Phi) is 3.15. The monoisotopic (exact) mass is 202 g/mol. The molecule has 3 nitrogen and oxygen atoms in total. The van der Waals surface area contributed by atoms with Crippen molar-refractivity contribution in [3.05, 3.63) is 54.2 Å². The van der Waals surface area contributed by atoms with E-state index in [4.69, 9.17) is 4.42 Å². The van der Waals surface area contributed by atoms with Gasteiger partial charge >= 0.3 is 0 Å². The number of aromatic nitrogens is 1. The number of pyridine rings is 1. The molecule has 2 rings (SSSR count). The van der Waals surface area contributed by atoms with Crippen LogP contribution in [0.1, 0.15) is 24.2 Å². The van der Waals surface area contributed by atoms with Gasteiger partial charge in [-0.15, -0.1) is 0 Å². The summed E-state index contributed by atoms with van der Waals surface area (Å²) < 4.78 is 5.00. The van der Waals surface area contributed by atoms with Crippen molar-refractivity contribution >= 4 is 0 Å². The zero-order valence-corrected chi connectivity index (χ0v) is 8.68. The summed E-state index contributed by atoms with van der Waals surface area (Å²) >= 11 is 0. The van der Waals surface area contributed by atoms with Crippen molar-refractivity contribution in [2.45, 2.75) is 19.5 Å². The van der Waals surface area contributed by atoms with Crippen LogP contribution in [0.4, 0.5) is 0 Å². The molecule has 0 aromatic carbocycles. The standard InChI is InChI=1S/C12H14N2O/c1-10(12-4-2-3-6-13-12)14-8-11-5-7-15-9-11/h2-7,9-10,14H,8H2,1H3. The Balaban J connectivity index is 1.90. The lowest BCUT2D eigenvalue weighted by molar-refractivity contribution is 0.541. The van der Waals surface area contributed by atoms with E-state index in [9.17, 15) is 0 Å². The molecular formula is C12H14N2O. The minimum Gasteiger partial charge on any atom is -0.472 e. The molecule has 78 valence electrons. The van der Waals surface area contributed by atoms with Gasteiger partial charge in [0.2, 0.25) is 0 Å². The molecule has 0 amide bonds. The number of hydrogen-bond acceptors (Lipinski definition) is 3. The smallest absolute Gasteiger partial charge is 0.0947 e. The molecule has 0 radical (unpaired) electrons. The van der Waals surface area contributed by atoms with Crippen LogP contribution in [0.15, 0.2) is 47.4 Å². The summed E-state index contributed by atoms with van der Waals surface area (Å²) in [4.78, 5) is 4.29. The molecule has 1 atom stereocenters. The van der Waals surface area contributed by atoms with Gasteiger partial charge < -0.3 is 9.73 Å². The Morgan fingerprint density at radius 2 is 2.33 bits per heavy atom. The molecule has 1 unspecified atom stereocenters. The molecule has 0 bridgehead atoms. The van der Waals surface area contributed by atoms with E-state index < -0.39 is 0 Å². The molecule has 0 saturated carbocycles. The Morgan fingerprint density at radius 3 is 3.00 bits per heavy atom. The van der Waals surface area contributed by atoms with Crippen LogP contribution in [-0.2, 0) is 6.54 Å². The summed E-state index contributed by atoms with van der Waals surface area (Å²) in [5.74, 6) is 0. The van der Waals surface area contributed by atoms with E-state index in [1.165, 1.54) is 0 Å². The van der Waals surface area contributed by atoms with Gasteiger partial charge in [-0.05, 0) is 25.1 Å². The molecule has 0 saturated heterocycles. The number of nitrogens with one attached hydrogen (secondary N) is 1. The molecule has 0 spiro atoms. The fourth-order valence-corrected chi connectivity index (χ4v) is 1.40. The molecule has 0 fully saturated rings. The van der Waals surface area contributed by atoms with Gasteiger partial charge in [-0.1, -0.05) is 6.07 Å². The highest BCUT2D eigenvalue weighted by atomic mass is 16.3. The molecule has 3 heteroatoms. The summed E-state index contributed by atoms with van der Waals surface area (Å²) in [5.41, 5.74) is 2.21. The first kappa shape index (κ1) is 9.93. The van der Waals surface area contributed by atoms with Crippen LogP contribution in [-0.4, -0.2) is 4.98 Å². The molecule has 15 heavy (non-hydrogen) atoms. The van der Waals surface area contributed by atoms with Gasteiger partial charge in [-0.3, -0.25) is 4.98 Å². The Bertz CT molecular complexity index is 383. The second-order valence-corrected chi connectivity index (χ2v) is 3.49. The van der Waals surface area contributed by atoms with Gasteiger partial charge in [0.05, 0.1) is 18.2 Å².